The molecule has 0 atom stereocenters. The lowest BCUT2D eigenvalue weighted by Gasteiger charge is -2.33. The first-order chi connectivity index (χ1) is 21.5. The number of carbonyl (C=O) groups excluding carboxylic acids is 1. The minimum absolute atomic E-state index is 0.0415. The van der Waals surface area contributed by atoms with Crippen LogP contribution >= 0.6 is 0 Å². The fourth-order valence-electron chi connectivity index (χ4n) is 4.62. The van der Waals surface area contributed by atoms with Crippen molar-refractivity contribution in [2.45, 2.75) is 9.79 Å². The molecule has 45 heavy (non-hydrogen) atoms. The molecule has 0 spiro atoms. The van der Waals surface area contributed by atoms with Crippen LogP contribution in [0.25, 0.3) is 11.1 Å². The van der Waals surface area contributed by atoms with Crippen molar-refractivity contribution in [3.63, 3.8) is 0 Å². The molecule has 0 radical (unpaired) electrons. The summed E-state index contributed by atoms with van der Waals surface area (Å²) in [6.07, 6.45) is 4.37. The molecule has 1 fully saturated rings. The first-order valence-corrected chi connectivity index (χ1v) is 16.5. The third-order valence-corrected chi connectivity index (χ3v) is 10.2. The quantitative estimate of drug-likeness (QED) is 0.157. The molecule has 3 N–H and O–H groups in total. The number of hydrogen-bond donors (Lipinski definition) is 2. The third kappa shape index (κ3) is 6.87. The monoisotopic (exact) mass is 646 g/mol. The van der Waals surface area contributed by atoms with Gasteiger partial charge in [-0.3, -0.25) is 19.4 Å². The van der Waals surface area contributed by atoms with Crippen LogP contribution in [0.15, 0.2) is 119 Å². The van der Waals surface area contributed by atoms with E-state index in [9.17, 15) is 21.6 Å². The molecular weight excluding hydrogens is 617 g/mol. The van der Waals surface area contributed by atoms with Gasteiger partial charge < -0.3 is 10.5 Å². The summed E-state index contributed by atoms with van der Waals surface area (Å²) in [5.74, 6) is 0.240. The summed E-state index contributed by atoms with van der Waals surface area (Å²) in [6.45, 7) is 3.50. The van der Waals surface area contributed by atoms with Gasteiger partial charge in [-0.05, 0) is 66.2 Å². The number of nitrogens with two attached hydrogens (primary N) is 1. The van der Waals surface area contributed by atoms with Crippen molar-refractivity contribution >= 4 is 48.9 Å². The molecule has 5 rings (SSSR count). The number of hydrogen-bond acceptors (Lipinski definition) is 9. The predicted octanol–water partition coefficient (Wildman–Crippen LogP) is 3.89. The number of anilines is 2. The summed E-state index contributed by atoms with van der Waals surface area (Å²) in [6, 6.07) is 20.6. The van der Waals surface area contributed by atoms with Crippen LogP contribution in [0, 0.1) is 0 Å². The van der Waals surface area contributed by atoms with Gasteiger partial charge in [-0.15, -0.1) is 0 Å². The number of pyridine rings is 1. The highest BCUT2D eigenvalue weighted by molar-refractivity contribution is 7.92. The van der Waals surface area contributed by atoms with E-state index in [0.29, 0.717) is 28.3 Å². The summed E-state index contributed by atoms with van der Waals surface area (Å²) in [4.78, 5) is 23.5. The Hall–Kier alpha value is -5.05. The fourth-order valence-corrected chi connectivity index (χ4v) is 7.06. The number of amides is 1. The number of carbonyl (C=O) groups is 1. The standard InChI is InChI=1S/C31H30N6O6S2/c1-3-30(37-16-15-36(21-31(37)38)45(41,42)27-12-10-25(43-2)11-13-27)34-29-18-22(9-14-28(29)32)23-17-24(20-33-19-23)35-44(39,40)26-7-5-4-6-8-26/h3-14,17-20,35H,1,15-16,21,32H2,2H3/b34-30+. The summed E-state index contributed by atoms with van der Waals surface area (Å²) in [7, 11) is -6.25. The number of nitrogen functional groups attached to an aromatic ring is 1. The molecule has 4 aromatic rings. The zero-order chi connectivity index (χ0) is 32.2. The second-order valence-electron chi connectivity index (χ2n) is 9.89. The Morgan fingerprint density at radius 3 is 2.36 bits per heavy atom. The van der Waals surface area contributed by atoms with Crippen LogP contribution in [0.4, 0.5) is 17.1 Å². The zero-order valence-electron chi connectivity index (χ0n) is 24.2. The van der Waals surface area contributed by atoms with E-state index in [1.165, 1.54) is 48.5 Å². The van der Waals surface area contributed by atoms with Crippen LogP contribution < -0.4 is 15.2 Å². The first-order valence-electron chi connectivity index (χ1n) is 13.6. The van der Waals surface area contributed by atoms with E-state index < -0.39 is 26.0 Å². The highest BCUT2D eigenvalue weighted by Crippen LogP contribution is 2.31. The van der Waals surface area contributed by atoms with Crippen molar-refractivity contribution in [1.29, 1.82) is 0 Å². The molecule has 14 heteroatoms. The van der Waals surface area contributed by atoms with Gasteiger partial charge >= 0.3 is 0 Å². The Kier molecular flexibility index (Phi) is 8.99. The number of rotatable bonds is 9. The maximum Gasteiger partial charge on any atom is 0.261 e. The van der Waals surface area contributed by atoms with Gasteiger partial charge in [0.15, 0.2) is 0 Å². The van der Waals surface area contributed by atoms with E-state index in [0.717, 1.165) is 4.31 Å². The fraction of sp³-hybridized carbons (Fsp3) is 0.129. The molecule has 1 aromatic heterocycles. The summed E-state index contributed by atoms with van der Waals surface area (Å²) < 4.78 is 60.7. The number of benzene rings is 3. The number of aliphatic imine (C=N–C) groups is 1. The molecule has 0 aliphatic carbocycles. The lowest BCUT2D eigenvalue weighted by Crippen LogP contribution is -2.53. The van der Waals surface area contributed by atoms with E-state index in [1.807, 2.05) is 0 Å². The highest BCUT2D eigenvalue weighted by atomic mass is 32.2. The van der Waals surface area contributed by atoms with Gasteiger partial charge in [0.05, 0.1) is 46.7 Å². The van der Waals surface area contributed by atoms with Crippen LogP contribution in [0.2, 0.25) is 0 Å². The second kappa shape index (κ2) is 12.9. The van der Waals surface area contributed by atoms with Gasteiger partial charge in [-0.25, -0.2) is 21.8 Å². The molecule has 1 amide bonds. The van der Waals surface area contributed by atoms with E-state index >= 15 is 0 Å². The van der Waals surface area contributed by atoms with E-state index in [1.54, 1.807) is 60.8 Å². The molecule has 0 unspecified atom stereocenters. The number of ether oxygens (including phenoxy) is 1. The first kappa shape index (κ1) is 31.4. The summed E-state index contributed by atoms with van der Waals surface area (Å²) >= 11 is 0. The van der Waals surface area contributed by atoms with Crippen LogP contribution in [-0.2, 0) is 24.8 Å². The SMILES string of the molecule is C=C/C(=N\c1cc(-c2cncc(NS(=O)(=O)c3ccccc3)c2)ccc1N)N1CCN(S(=O)(=O)c2ccc(OC)cc2)CC1=O. The summed E-state index contributed by atoms with van der Waals surface area (Å²) in [5.41, 5.74) is 8.37. The van der Waals surface area contributed by atoms with Crippen LogP contribution in [0.3, 0.4) is 0 Å². The average Bonchev–Trinajstić information content (AvgIpc) is 3.05. The summed E-state index contributed by atoms with van der Waals surface area (Å²) in [5, 5.41) is 0. The molecular formula is C31H30N6O6S2. The Balaban J connectivity index is 1.36. The smallest absolute Gasteiger partial charge is 0.261 e. The number of nitrogens with one attached hydrogen (secondary N) is 1. The molecule has 3 aromatic carbocycles. The number of amidine groups is 1. The Morgan fingerprint density at radius 1 is 0.956 bits per heavy atom. The van der Waals surface area contributed by atoms with Crippen LogP contribution in [-0.4, -0.2) is 69.5 Å². The topological polar surface area (TPSA) is 164 Å². The Morgan fingerprint density at radius 2 is 1.69 bits per heavy atom. The lowest BCUT2D eigenvalue weighted by atomic mass is 10.1. The van der Waals surface area contributed by atoms with E-state index in [-0.39, 0.29) is 40.9 Å². The number of nitrogens with zero attached hydrogens (tertiary/aromatic N) is 4. The molecule has 12 nitrogen and oxygen atoms in total. The van der Waals surface area contributed by atoms with Gasteiger partial charge in [0.1, 0.15) is 11.6 Å². The van der Waals surface area contributed by atoms with Crippen molar-refractivity contribution in [3.8, 4) is 16.9 Å². The number of sulfonamides is 2. The van der Waals surface area contributed by atoms with Crippen molar-refractivity contribution in [2.24, 2.45) is 4.99 Å². The number of piperazine rings is 1. The van der Waals surface area contributed by atoms with Gasteiger partial charge in [0.25, 0.3) is 10.0 Å². The molecule has 2 heterocycles. The molecule has 1 aliphatic rings. The molecule has 1 aliphatic heterocycles. The van der Waals surface area contributed by atoms with Crippen molar-refractivity contribution in [2.75, 3.05) is 37.2 Å². The number of aromatic nitrogens is 1. The third-order valence-electron chi connectivity index (χ3n) is 6.98. The van der Waals surface area contributed by atoms with Gasteiger partial charge in [-0.1, -0.05) is 30.8 Å². The average molecular weight is 647 g/mol. The lowest BCUT2D eigenvalue weighted by molar-refractivity contribution is -0.129. The van der Waals surface area contributed by atoms with Gasteiger partial charge in [-0.2, -0.15) is 4.31 Å². The molecule has 232 valence electrons. The van der Waals surface area contributed by atoms with Gasteiger partial charge in [0.2, 0.25) is 15.9 Å². The minimum Gasteiger partial charge on any atom is -0.497 e. The highest BCUT2D eigenvalue weighted by Gasteiger charge is 2.34. The maximum atomic E-state index is 13.2. The molecule has 0 saturated carbocycles. The van der Waals surface area contributed by atoms with Crippen molar-refractivity contribution in [3.05, 3.63) is 104 Å². The largest absolute Gasteiger partial charge is 0.497 e. The zero-order valence-corrected chi connectivity index (χ0v) is 25.8. The number of methoxy groups -OCH3 is 1. The van der Waals surface area contributed by atoms with E-state index in [4.69, 9.17) is 10.5 Å². The second-order valence-corrected chi connectivity index (χ2v) is 13.5. The normalized spacial score (nSPS) is 14.6. The Bertz CT molecular complexity index is 1980. The van der Waals surface area contributed by atoms with Crippen LogP contribution in [0.5, 0.6) is 5.75 Å². The maximum absolute atomic E-state index is 13.2. The van der Waals surface area contributed by atoms with Crippen molar-refractivity contribution < 1.29 is 26.4 Å². The minimum atomic E-state index is -3.91. The van der Waals surface area contributed by atoms with Crippen LogP contribution in [0.1, 0.15) is 0 Å². The molecule has 0 bridgehead atoms. The van der Waals surface area contributed by atoms with Gasteiger partial charge in [0, 0.05) is 24.8 Å². The predicted molar refractivity (Wildman–Crippen MR) is 172 cm³/mol. The van der Waals surface area contributed by atoms with E-state index in [2.05, 4.69) is 21.3 Å². The Labute approximate surface area is 261 Å². The molecule has 1 saturated heterocycles. The van der Waals surface area contributed by atoms with Crippen molar-refractivity contribution in [1.82, 2.24) is 14.2 Å².